The quantitative estimate of drug-likeness (QED) is 0.282. The summed E-state index contributed by atoms with van der Waals surface area (Å²) in [5.41, 5.74) is 1.80. The summed E-state index contributed by atoms with van der Waals surface area (Å²) in [6, 6.07) is 3.56. The van der Waals surface area contributed by atoms with Crippen LogP contribution in [0.15, 0.2) is 22.1 Å². The fourth-order valence-electron chi connectivity index (χ4n) is 2.72. The minimum Gasteiger partial charge on any atom is -0.508 e. The number of hydrogen-bond donors (Lipinski definition) is 3. The second-order valence-electron chi connectivity index (χ2n) is 7.82. The number of rotatable bonds is 5. The van der Waals surface area contributed by atoms with Gasteiger partial charge in [0.15, 0.2) is 0 Å². The van der Waals surface area contributed by atoms with Gasteiger partial charge in [0.1, 0.15) is 11.5 Å². The predicted octanol–water partition coefficient (Wildman–Crippen LogP) is 5.30. The Morgan fingerprint density at radius 2 is 1.83 bits per heavy atom. The van der Waals surface area contributed by atoms with E-state index in [1.165, 1.54) is 12.8 Å². The average Bonchev–Trinajstić information content (AvgIpc) is 2.81. The van der Waals surface area contributed by atoms with E-state index < -0.39 is 24.2 Å². The maximum Gasteiger partial charge on any atom is 0.429 e. The van der Waals surface area contributed by atoms with Crippen molar-refractivity contribution < 1.29 is 27.8 Å². The number of aromatic hydroxyl groups is 1. The maximum atomic E-state index is 12.0. The normalized spacial score (nSPS) is 13.6. The van der Waals surface area contributed by atoms with Crippen molar-refractivity contribution in [3.8, 4) is 18.1 Å². The largest absolute Gasteiger partial charge is 0.508 e. The Labute approximate surface area is 213 Å². The Hall–Kier alpha value is -3.06. The minimum atomic E-state index is -4.51. The summed E-state index contributed by atoms with van der Waals surface area (Å²) < 4.78 is 41.2. The average molecular weight is 515 g/mol. The van der Waals surface area contributed by atoms with Crippen LogP contribution in [0.1, 0.15) is 51.2 Å². The molecule has 36 heavy (non-hydrogen) atoms. The molecule has 1 saturated heterocycles. The number of nitrogens with zero attached hydrogens (tertiary/aromatic N) is 2. The van der Waals surface area contributed by atoms with E-state index >= 15 is 0 Å². The minimum absolute atomic E-state index is 0.303. The van der Waals surface area contributed by atoms with Crippen LogP contribution >= 0.6 is 0 Å². The summed E-state index contributed by atoms with van der Waals surface area (Å²) in [6.07, 6.45) is 3.50. The molecule has 1 aromatic carbocycles. The molecule has 1 aliphatic heterocycles. The van der Waals surface area contributed by atoms with E-state index in [0.717, 1.165) is 43.0 Å². The Kier molecular flexibility index (Phi) is 19.7. The van der Waals surface area contributed by atoms with Crippen molar-refractivity contribution >= 4 is 23.6 Å². The predicted molar refractivity (Wildman–Crippen MR) is 142 cm³/mol. The molecule has 0 unspecified atom stereocenters. The lowest BCUT2D eigenvalue weighted by molar-refractivity contribution is -0.120. The number of phenolic OH excluding ortho intramolecular Hbond substituents is 1. The number of alkyl halides is 3. The third-order valence-electron chi connectivity index (χ3n) is 4.79. The van der Waals surface area contributed by atoms with Crippen LogP contribution in [0, 0.1) is 32.1 Å². The van der Waals surface area contributed by atoms with Crippen LogP contribution in [-0.2, 0) is 9.53 Å². The molecule has 7 nitrogen and oxygen atoms in total. The third kappa shape index (κ3) is 16.5. The molecule has 0 aliphatic carbocycles. The highest BCUT2D eigenvalue weighted by Crippen LogP contribution is 2.27. The molecule has 0 atom stereocenters. The topological polar surface area (TPSA) is 95.3 Å². The highest BCUT2D eigenvalue weighted by Gasteiger charge is 2.36. The smallest absolute Gasteiger partial charge is 0.429 e. The van der Waals surface area contributed by atoms with Gasteiger partial charge in [-0.25, -0.2) is 0 Å². The van der Waals surface area contributed by atoms with Crippen LogP contribution in [0.4, 0.5) is 18.9 Å². The van der Waals surface area contributed by atoms with Crippen molar-refractivity contribution in [3.05, 3.63) is 23.3 Å². The molecule has 1 heterocycles. The highest BCUT2D eigenvalue weighted by molar-refractivity contribution is 6.03. The van der Waals surface area contributed by atoms with Gasteiger partial charge in [0, 0.05) is 45.1 Å². The van der Waals surface area contributed by atoms with Gasteiger partial charge >= 0.3 is 6.18 Å². The standard InChI is InChI=1S/C10H14N2O.C7H11F3N2O.C6H12O.C3H4/c1-7-4-5-9(13)8(2)10(7)12-6-11-3;1-3-12-6(13)4-5(11-2)7(8,9)10;1-6-2-4-7-5-3-6;1-3-2/h4-6,13H,1-3H3,(H,11,12);3-4H2,1-2H3,(H,12,13);6H,2-5H2,1H3;1H,2H3. The molecular formula is C26H41F3N4O3. The Morgan fingerprint density at radius 1 is 1.28 bits per heavy atom. The number of aryl methyl sites for hydroxylation is 1. The number of carbonyl (C=O) groups is 1. The molecule has 2 rings (SSSR count). The van der Waals surface area contributed by atoms with Crippen molar-refractivity contribution in [1.29, 1.82) is 0 Å². The first-order valence-electron chi connectivity index (χ1n) is 11.6. The number of amides is 1. The van der Waals surface area contributed by atoms with Gasteiger partial charge in [-0.2, -0.15) is 13.2 Å². The number of terminal acetylenes is 1. The first-order valence-corrected chi connectivity index (χ1v) is 11.6. The highest BCUT2D eigenvalue weighted by atomic mass is 19.4. The van der Waals surface area contributed by atoms with Crippen LogP contribution in [-0.4, -0.2) is 63.1 Å². The van der Waals surface area contributed by atoms with Gasteiger partial charge in [0.05, 0.1) is 12.8 Å². The third-order valence-corrected chi connectivity index (χ3v) is 4.79. The van der Waals surface area contributed by atoms with E-state index in [-0.39, 0.29) is 0 Å². The van der Waals surface area contributed by atoms with Crippen LogP contribution < -0.4 is 10.6 Å². The first kappa shape index (κ1) is 35.1. The first-order chi connectivity index (χ1) is 16.9. The molecule has 0 aromatic heterocycles. The molecule has 204 valence electrons. The summed E-state index contributed by atoms with van der Waals surface area (Å²) in [6.45, 7) is 11.7. The lowest BCUT2D eigenvalue weighted by atomic mass is 10.0. The molecule has 1 amide bonds. The number of ether oxygens (including phenoxy) is 1. The van der Waals surface area contributed by atoms with E-state index in [0.29, 0.717) is 12.3 Å². The molecule has 1 aliphatic rings. The van der Waals surface area contributed by atoms with Gasteiger partial charge in [-0.15, -0.1) is 12.3 Å². The summed E-state index contributed by atoms with van der Waals surface area (Å²) >= 11 is 0. The van der Waals surface area contributed by atoms with Gasteiger partial charge in [0.25, 0.3) is 0 Å². The summed E-state index contributed by atoms with van der Waals surface area (Å²) in [5, 5.41) is 14.7. The van der Waals surface area contributed by atoms with Crippen LogP contribution in [0.2, 0.25) is 0 Å². The van der Waals surface area contributed by atoms with E-state index in [9.17, 15) is 23.1 Å². The van der Waals surface area contributed by atoms with Crippen molar-refractivity contribution in [2.24, 2.45) is 15.9 Å². The monoisotopic (exact) mass is 514 g/mol. The molecule has 0 bridgehead atoms. The zero-order valence-electron chi connectivity index (χ0n) is 22.4. The number of carbonyl (C=O) groups excluding carboxylic acids is 1. The lowest BCUT2D eigenvalue weighted by Gasteiger charge is -2.16. The molecule has 0 spiro atoms. The molecular weight excluding hydrogens is 473 g/mol. The van der Waals surface area contributed by atoms with Crippen LogP contribution in [0.5, 0.6) is 5.75 Å². The Balaban J connectivity index is 0. The number of hydrogen-bond acceptors (Lipinski definition) is 5. The fraction of sp³-hybridized carbons (Fsp3) is 0.577. The molecule has 0 radical (unpaired) electrons. The van der Waals surface area contributed by atoms with Crippen molar-refractivity contribution in [2.75, 3.05) is 39.2 Å². The molecule has 1 fully saturated rings. The van der Waals surface area contributed by atoms with Crippen LogP contribution in [0.3, 0.4) is 0 Å². The Morgan fingerprint density at radius 3 is 2.22 bits per heavy atom. The number of nitrogens with one attached hydrogen (secondary N) is 2. The van der Waals surface area contributed by atoms with Crippen molar-refractivity contribution in [2.45, 2.75) is 60.1 Å². The van der Waals surface area contributed by atoms with Gasteiger partial charge < -0.3 is 20.5 Å². The van der Waals surface area contributed by atoms with Crippen LogP contribution in [0.25, 0.3) is 0 Å². The number of anilines is 1. The number of halogens is 3. The second kappa shape index (κ2) is 20.2. The maximum absolute atomic E-state index is 12.0. The summed E-state index contributed by atoms with van der Waals surface area (Å²) in [5.74, 6) is 2.80. The molecule has 0 saturated carbocycles. The second-order valence-corrected chi connectivity index (χ2v) is 7.82. The van der Waals surface area contributed by atoms with E-state index in [1.54, 1.807) is 33.3 Å². The SMILES string of the molecule is C#CC.CC1CCOCC1.CCNC(=O)CC(=NC)C(F)(F)F.CN=CNc1c(C)ccc(O)c1C. The fourth-order valence-corrected chi connectivity index (χ4v) is 2.72. The molecule has 3 N–H and O–H groups in total. The number of phenols is 1. The van der Waals surface area contributed by atoms with Gasteiger partial charge in [-0.05, 0) is 58.1 Å². The van der Waals surface area contributed by atoms with Crippen molar-refractivity contribution in [3.63, 3.8) is 0 Å². The molecule has 1 aromatic rings. The van der Waals surface area contributed by atoms with Gasteiger partial charge in [-0.3, -0.25) is 14.8 Å². The van der Waals surface area contributed by atoms with E-state index in [2.05, 4.69) is 39.9 Å². The van der Waals surface area contributed by atoms with Gasteiger partial charge in [0.2, 0.25) is 5.91 Å². The van der Waals surface area contributed by atoms with E-state index in [1.807, 2.05) is 19.9 Å². The molecule has 10 heteroatoms. The van der Waals surface area contributed by atoms with Crippen molar-refractivity contribution in [1.82, 2.24) is 5.32 Å². The summed E-state index contributed by atoms with van der Waals surface area (Å²) in [7, 11) is 2.71. The van der Waals surface area contributed by atoms with E-state index in [4.69, 9.17) is 4.74 Å². The lowest BCUT2D eigenvalue weighted by Crippen LogP contribution is -2.31. The number of aliphatic imine (C=N–C) groups is 2. The summed E-state index contributed by atoms with van der Waals surface area (Å²) in [4.78, 5) is 17.6. The zero-order valence-corrected chi connectivity index (χ0v) is 22.4. The van der Waals surface area contributed by atoms with Gasteiger partial charge in [-0.1, -0.05) is 13.0 Å². The number of benzene rings is 1. The Bertz CT molecular complexity index is 857. The zero-order chi connectivity index (χ0) is 28.1.